The third-order valence-corrected chi connectivity index (χ3v) is 12.7. The zero-order chi connectivity index (χ0) is 45.6. The molecule has 5 unspecified atom stereocenters. The monoisotopic (exact) mass is 876 g/mol. The van der Waals surface area contributed by atoms with Crippen LogP contribution in [-0.4, -0.2) is 92.6 Å². The Balaban J connectivity index is 1.02. The highest BCUT2D eigenvalue weighted by Gasteiger charge is 2.51. The van der Waals surface area contributed by atoms with Crippen molar-refractivity contribution >= 4 is 35.0 Å². The minimum absolute atomic E-state index is 0.0182. The van der Waals surface area contributed by atoms with Crippen molar-refractivity contribution < 1.29 is 37.4 Å². The Hall–Kier alpha value is -6.58. The number of alkyl carbamates (subject to hydrolysis) is 2. The van der Waals surface area contributed by atoms with E-state index in [4.69, 9.17) is 14.5 Å². The molecule has 8 rings (SSSR count). The first-order valence-corrected chi connectivity index (χ1v) is 21.8. The summed E-state index contributed by atoms with van der Waals surface area (Å²) >= 11 is 0. The summed E-state index contributed by atoms with van der Waals surface area (Å²) < 4.78 is 42.7. The fourth-order valence-corrected chi connectivity index (χ4v) is 9.63. The first-order valence-electron chi connectivity index (χ1n) is 21.8. The molecule has 16 heteroatoms. The lowest BCUT2D eigenvalue weighted by molar-refractivity contribution is -0.137. The van der Waals surface area contributed by atoms with Crippen LogP contribution in [-0.2, 0) is 31.5 Å². The number of alkyl halides is 2. The van der Waals surface area contributed by atoms with Crippen molar-refractivity contribution in [3.8, 4) is 33.5 Å². The Kier molecular flexibility index (Phi) is 12.1. The summed E-state index contributed by atoms with van der Waals surface area (Å²) in [5, 5.41) is 5.31. The maximum Gasteiger partial charge on any atom is 0.407 e. The van der Waals surface area contributed by atoms with Crippen molar-refractivity contribution in [3.63, 3.8) is 0 Å². The van der Waals surface area contributed by atoms with Gasteiger partial charge in [-0.05, 0) is 97.9 Å². The van der Waals surface area contributed by atoms with Gasteiger partial charge in [0.05, 0.1) is 49.7 Å². The van der Waals surface area contributed by atoms with Gasteiger partial charge in [0.15, 0.2) is 0 Å². The molecule has 3 heterocycles. The standard InChI is InChI=1S/C48H54F2N8O6/c1-8-17-57(45(60)41(26(4)5)56-47(62)64-7)24-40-51-23-39(52-40)29-11-15-33-32-14-10-27(20-34(32)48(49,50)35(33)21-29)28-12-16-36-37(22-28)54-43(53-36)42-30-9-13-31(19-30)58(42)44(59)38(18-25(2)3)55-46(61)63-6/h10-12,14-16,18,20-23,26,30-31,38,41-42H,8-9,13,17,19,24H2,1-7H3,(H,51,52)(H,53,54)(H,55,61)(H,56,62). The van der Waals surface area contributed by atoms with Gasteiger partial charge in [0.2, 0.25) is 11.8 Å². The van der Waals surface area contributed by atoms with Crippen molar-refractivity contribution in [2.24, 2.45) is 11.8 Å². The predicted molar refractivity (Wildman–Crippen MR) is 237 cm³/mol. The van der Waals surface area contributed by atoms with E-state index in [0.29, 0.717) is 58.1 Å². The average Bonchev–Trinajstić information content (AvgIpc) is 4.13. The second-order valence-electron chi connectivity index (χ2n) is 17.6. The number of benzene rings is 3. The van der Waals surface area contributed by atoms with Gasteiger partial charge in [0, 0.05) is 29.3 Å². The summed E-state index contributed by atoms with van der Waals surface area (Å²) in [7, 11) is 2.51. The van der Waals surface area contributed by atoms with Gasteiger partial charge in [-0.2, -0.15) is 8.78 Å². The van der Waals surface area contributed by atoms with Gasteiger partial charge in [-0.1, -0.05) is 62.8 Å². The number of nitrogens with zero attached hydrogens (tertiary/aromatic N) is 4. The molecule has 1 aliphatic heterocycles. The number of carbonyl (C=O) groups is 4. The van der Waals surface area contributed by atoms with Gasteiger partial charge in [-0.25, -0.2) is 19.6 Å². The number of aromatic nitrogens is 4. The van der Waals surface area contributed by atoms with Gasteiger partial charge < -0.3 is 39.9 Å². The van der Waals surface area contributed by atoms with Crippen molar-refractivity contribution in [2.75, 3.05) is 20.8 Å². The zero-order valence-electron chi connectivity index (χ0n) is 37.1. The largest absolute Gasteiger partial charge is 0.453 e. The number of hydrogen-bond acceptors (Lipinski definition) is 8. The Morgan fingerprint density at radius 1 is 0.922 bits per heavy atom. The van der Waals surface area contributed by atoms with Gasteiger partial charge in [0.1, 0.15) is 23.7 Å². The van der Waals surface area contributed by atoms with Crippen molar-refractivity contribution in [1.82, 2.24) is 40.4 Å². The van der Waals surface area contributed by atoms with E-state index in [9.17, 15) is 19.2 Å². The van der Waals surface area contributed by atoms with Gasteiger partial charge in [-0.15, -0.1) is 0 Å². The van der Waals surface area contributed by atoms with E-state index in [1.807, 2.05) is 63.8 Å². The molecule has 336 valence electrons. The SMILES string of the molecule is CCCN(Cc1ncc(-c2ccc3c(c2)C(F)(F)c2cc(-c4ccc5nc(C6C7CCC(C7)N6C(=O)C(C=C(C)C)NC(=O)OC)[nH]c5c4)ccc2-3)[nH]1)C(=O)C(NC(=O)OC)C(C)C. The van der Waals surface area contributed by atoms with Crippen LogP contribution < -0.4 is 10.6 Å². The number of methoxy groups -OCH3 is 2. The number of halogens is 2. The quantitative estimate of drug-likeness (QED) is 0.0851. The molecule has 5 aromatic rings. The van der Waals surface area contributed by atoms with E-state index in [1.165, 1.54) is 20.3 Å². The van der Waals surface area contributed by atoms with Crippen LogP contribution in [0.2, 0.25) is 0 Å². The van der Waals surface area contributed by atoms with Gasteiger partial charge in [0.25, 0.3) is 5.92 Å². The molecule has 2 aromatic heterocycles. The lowest BCUT2D eigenvalue weighted by atomic mass is 9.97. The minimum Gasteiger partial charge on any atom is -0.453 e. The number of piperidine rings is 1. The summed E-state index contributed by atoms with van der Waals surface area (Å²) in [6.45, 7) is 9.90. The molecule has 0 spiro atoms. The highest BCUT2D eigenvalue weighted by atomic mass is 19.3. The van der Waals surface area contributed by atoms with Crippen LogP contribution in [0.25, 0.3) is 44.5 Å². The lowest BCUT2D eigenvalue weighted by Gasteiger charge is -2.36. The summed E-state index contributed by atoms with van der Waals surface area (Å²) in [4.78, 5) is 71.5. The Bertz CT molecular complexity index is 2650. The summed E-state index contributed by atoms with van der Waals surface area (Å²) in [6.07, 6.45) is 5.25. The summed E-state index contributed by atoms with van der Waals surface area (Å²) in [5.74, 6) is -2.67. The molecule has 64 heavy (non-hydrogen) atoms. The number of fused-ring (bicyclic) bond motifs is 6. The minimum atomic E-state index is -3.29. The highest BCUT2D eigenvalue weighted by Crippen LogP contribution is 2.53. The number of allylic oxidation sites excluding steroid dienone is 1. The maximum absolute atomic E-state index is 16.6. The van der Waals surface area contributed by atoms with E-state index < -0.39 is 30.2 Å². The van der Waals surface area contributed by atoms with Crippen molar-refractivity contribution in [2.45, 2.75) is 96.9 Å². The molecule has 3 aromatic carbocycles. The molecule has 2 bridgehead atoms. The number of hydrogen-bond donors (Lipinski definition) is 4. The number of rotatable bonds is 13. The number of amides is 4. The average molecular weight is 877 g/mol. The first-order chi connectivity index (χ1) is 30.6. The Morgan fingerprint density at radius 2 is 1.58 bits per heavy atom. The second-order valence-corrected chi connectivity index (χ2v) is 17.6. The predicted octanol–water partition coefficient (Wildman–Crippen LogP) is 8.60. The molecule has 3 aliphatic rings. The molecule has 4 N–H and O–H groups in total. The number of likely N-dealkylation sites (tertiary alicyclic amines) is 1. The third-order valence-electron chi connectivity index (χ3n) is 12.7. The second kappa shape index (κ2) is 17.5. The molecule has 14 nitrogen and oxygen atoms in total. The summed E-state index contributed by atoms with van der Waals surface area (Å²) in [5.41, 5.74) is 5.37. The number of imidazole rings is 2. The summed E-state index contributed by atoms with van der Waals surface area (Å²) in [6, 6.07) is 13.8. The number of carbonyl (C=O) groups excluding carboxylic acids is 4. The maximum atomic E-state index is 16.6. The topological polar surface area (TPSA) is 175 Å². The fraction of sp³-hybridized carbons (Fsp3) is 0.417. The first kappa shape index (κ1) is 44.0. The van der Waals surface area contributed by atoms with Crippen molar-refractivity contribution in [3.05, 3.63) is 95.2 Å². The normalized spacial score (nSPS) is 18.9. The molecule has 5 atom stereocenters. The van der Waals surface area contributed by atoms with Crippen LogP contribution >= 0.6 is 0 Å². The number of ether oxygens (including phenoxy) is 2. The smallest absolute Gasteiger partial charge is 0.407 e. The van der Waals surface area contributed by atoms with Crippen LogP contribution in [0.5, 0.6) is 0 Å². The van der Waals surface area contributed by atoms with Gasteiger partial charge >= 0.3 is 12.2 Å². The molecular formula is C48H54F2N8O6. The zero-order valence-corrected chi connectivity index (χ0v) is 37.1. The molecule has 4 amide bonds. The van der Waals surface area contributed by atoms with Crippen LogP contribution in [0, 0.1) is 11.8 Å². The molecule has 1 saturated carbocycles. The van der Waals surface area contributed by atoms with Crippen molar-refractivity contribution in [1.29, 1.82) is 0 Å². The van der Waals surface area contributed by atoms with Crippen LogP contribution in [0.1, 0.15) is 89.1 Å². The van der Waals surface area contributed by atoms with E-state index in [0.717, 1.165) is 35.9 Å². The van der Waals surface area contributed by atoms with Gasteiger partial charge in [-0.3, -0.25) is 9.59 Å². The van der Waals surface area contributed by atoms with E-state index in [-0.39, 0.29) is 53.4 Å². The molecule has 1 saturated heterocycles. The number of aromatic amines is 2. The fourth-order valence-electron chi connectivity index (χ4n) is 9.63. The van der Waals surface area contributed by atoms with E-state index >= 15 is 8.78 Å². The van der Waals surface area contributed by atoms with E-state index in [2.05, 4.69) is 25.6 Å². The highest BCUT2D eigenvalue weighted by molar-refractivity contribution is 5.90. The van der Waals surface area contributed by atoms with Crippen LogP contribution in [0.15, 0.2) is 72.4 Å². The Labute approximate surface area is 370 Å². The van der Waals surface area contributed by atoms with Crippen LogP contribution in [0.3, 0.4) is 0 Å². The molecular weight excluding hydrogens is 823 g/mol. The lowest BCUT2D eigenvalue weighted by Crippen LogP contribution is -2.51. The van der Waals surface area contributed by atoms with E-state index in [1.54, 1.807) is 41.4 Å². The molecule has 2 fully saturated rings. The Morgan fingerprint density at radius 3 is 2.25 bits per heavy atom. The molecule has 2 aliphatic carbocycles. The number of H-pyrrole nitrogens is 2. The third kappa shape index (κ3) is 8.21. The molecule has 0 radical (unpaired) electrons. The number of nitrogens with one attached hydrogen (secondary N) is 4. The van der Waals surface area contributed by atoms with Crippen LogP contribution in [0.4, 0.5) is 18.4 Å².